The smallest absolute Gasteiger partial charge is 0.322 e. The van der Waals surface area contributed by atoms with Crippen LogP contribution >= 0.6 is 0 Å². The van der Waals surface area contributed by atoms with E-state index in [4.69, 9.17) is 9.57 Å². The Labute approximate surface area is 194 Å². The molecule has 0 bridgehead atoms. The Kier molecular flexibility index (Phi) is 6.93. The maximum atomic E-state index is 13.4. The Balaban J connectivity index is 1.50. The van der Waals surface area contributed by atoms with Crippen molar-refractivity contribution in [3.63, 3.8) is 0 Å². The fraction of sp³-hybridized carbons (Fsp3) is 0.259. The molecular formula is C27H29N3O3. The summed E-state index contributed by atoms with van der Waals surface area (Å²) in [6.45, 7) is 4.88. The van der Waals surface area contributed by atoms with Gasteiger partial charge in [-0.15, -0.1) is 0 Å². The summed E-state index contributed by atoms with van der Waals surface area (Å²) >= 11 is 0. The van der Waals surface area contributed by atoms with Crippen LogP contribution in [0.2, 0.25) is 0 Å². The topological polar surface area (TPSA) is 63.2 Å². The number of amides is 2. The summed E-state index contributed by atoms with van der Waals surface area (Å²) in [6.07, 6.45) is 0.361. The van der Waals surface area contributed by atoms with E-state index >= 15 is 0 Å². The number of oxime groups is 1. The Morgan fingerprint density at radius 2 is 1.73 bits per heavy atom. The van der Waals surface area contributed by atoms with Gasteiger partial charge in [0.05, 0.1) is 19.4 Å². The van der Waals surface area contributed by atoms with E-state index in [0.29, 0.717) is 19.5 Å². The number of para-hydroxylation sites is 2. The van der Waals surface area contributed by atoms with Gasteiger partial charge in [0.2, 0.25) is 0 Å². The fourth-order valence-corrected chi connectivity index (χ4v) is 4.03. The highest BCUT2D eigenvalue weighted by Gasteiger charge is 2.28. The molecule has 6 nitrogen and oxygen atoms in total. The number of anilines is 1. The van der Waals surface area contributed by atoms with E-state index < -0.39 is 0 Å². The van der Waals surface area contributed by atoms with E-state index in [1.54, 1.807) is 12.0 Å². The van der Waals surface area contributed by atoms with Gasteiger partial charge >= 0.3 is 6.03 Å². The predicted octanol–water partition coefficient (Wildman–Crippen LogP) is 5.54. The molecule has 1 atom stereocenters. The first kappa shape index (κ1) is 22.4. The Bertz CT molecular complexity index is 1120. The summed E-state index contributed by atoms with van der Waals surface area (Å²) in [6, 6.07) is 23.5. The maximum Gasteiger partial charge on any atom is 0.322 e. The highest BCUT2D eigenvalue weighted by atomic mass is 16.6. The van der Waals surface area contributed by atoms with Gasteiger partial charge in [0, 0.05) is 24.2 Å². The summed E-state index contributed by atoms with van der Waals surface area (Å²) in [5.74, 6) is 0.759. The number of hydrogen-bond acceptors (Lipinski definition) is 4. The number of ether oxygens (including phenoxy) is 1. The largest absolute Gasteiger partial charge is 0.496 e. The van der Waals surface area contributed by atoms with Crippen molar-refractivity contribution in [1.82, 2.24) is 4.90 Å². The maximum absolute atomic E-state index is 13.4. The van der Waals surface area contributed by atoms with Crippen LogP contribution in [0.1, 0.15) is 28.7 Å². The van der Waals surface area contributed by atoms with E-state index in [2.05, 4.69) is 10.5 Å². The molecule has 0 spiro atoms. The van der Waals surface area contributed by atoms with Crippen molar-refractivity contribution in [2.75, 3.05) is 19.0 Å². The van der Waals surface area contributed by atoms with Gasteiger partial charge in [-0.25, -0.2) is 4.79 Å². The molecule has 6 heteroatoms. The molecule has 1 heterocycles. The molecule has 3 aromatic carbocycles. The second-order valence-electron chi connectivity index (χ2n) is 8.23. The van der Waals surface area contributed by atoms with Crippen molar-refractivity contribution in [1.29, 1.82) is 0 Å². The van der Waals surface area contributed by atoms with Gasteiger partial charge < -0.3 is 19.8 Å². The normalized spacial score (nSPS) is 14.9. The number of aryl methyl sites for hydroxylation is 2. The molecule has 0 radical (unpaired) electrons. The second kappa shape index (κ2) is 10.2. The number of urea groups is 1. The quantitative estimate of drug-likeness (QED) is 0.522. The standard InChI is InChI=1S/C27H29N3O3/c1-19-10-9-11-20(2)26(19)28-27(31)30(17-21-12-5-4-6-13-21)18-22-16-24(29-33-22)23-14-7-8-15-25(23)32-3/h4-15,22H,16-18H2,1-3H3,(H,28,31). The number of nitrogens with zero attached hydrogens (tertiary/aromatic N) is 2. The molecule has 0 fully saturated rings. The van der Waals surface area contributed by atoms with Gasteiger partial charge in [-0.1, -0.05) is 65.8 Å². The number of hydrogen-bond donors (Lipinski definition) is 1. The van der Waals surface area contributed by atoms with Crippen molar-refractivity contribution in [2.24, 2.45) is 5.16 Å². The molecule has 1 N–H and O–H groups in total. The van der Waals surface area contributed by atoms with E-state index in [1.165, 1.54) is 0 Å². The highest BCUT2D eigenvalue weighted by molar-refractivity contribution is 6.03. The predicted molar refractivity (Wildman–Crippen MR) is 131 cm³/mol. The van der Waals surface area contributed by atoms with E-state index in [-0.39, 0.29) is 12.1 Å². The zero-order valence-corrected chi connectivity index (χ0v) is 19.2. The van der Waals surface area contributed by atoms with Crippen molar-refractivity contribution in [3.05, 3.63) is 95.1 Å². The first-order valence-corrected chi connectivity index (χ1v) is 11.1. The van der Waals surface area contributed by atoms with E-state index in [9.17, 15) is 4.79 Å². The minimum atomic E-state index is -0.239. The van der Waals surface area contributed by atoms with Gasteiger partial charge in [-0.2, -0.15) is 0 Å². The third-order valence-corrected chi connectivity index (χ3v) is 5.79. The molecule has 2 amide bonds. The van der Waals surface area contributed by atoms with Crippen LogP contribution in [0.15, 0.2) is 78.0 Å². The van der Waals surface area contributed by atoms with Crippen LogP contribution in [0.4, 0.5) is 10.5 Å². The monoisotopic (exact) mass is 443 g/mol. The lowest BCUT2D eigenvalue weighted by molar-refractivity contribution is 0.0608. The van der Waals surface area contributed by atoms with Crippen LogP contribution in [0.3, 0.4) is 0 Å². The summed E-state index contributed by atoms with van der Waals surface area (Å²) in [5.41, 5.74) is 5.70. The zero-order chi connectivity index (χ0) is 23.2. The molecular weight excluding hydrogens is 414 g/mol. The number of nitrogens with one attached hydrogen (secondary N) is 1. The molecule has 3 aromatic rings. The van der Waals surface area contributed by atoms with E-state index in [1.807, 2.05) is 86.6 Å². The zero-order valence-electron chi connectivity index (χ0n) is 19.2. The Hall–Kier alpha value is -3.80. The first-order valence-electron chi connectivity index (χ1n) is 11.1. The van der Waals surface area contributed by atoms with Gasteiger partial charge in [0.25, 0.3) is 0 Å². The summed E-state index contributed by atoms with van der Waals surface area (Å²) in [5, 5.41) is 7.41. The molecule has 33 heavy (non-hydrogen) atoms. The number of rotatable bonds is 7. The van der Waals surface area contributed by atoms with Crippen LogP contribution in [0, 0.1) is 13.8 Å². The van der Waals surface area contributed by atoms with Crippen molar-refractivity contribution in [3.8, 4) is 5.75 Å². The van der Waals surface area contributed by atoms with E-state index in [0.717, 1.165) is 39.4 Å². The summed E-state index contributed by atoms with van der Waals surface area (Å²) in [7, 11) is 1.65. The number of carbonyl (C=O) groups excluding carboxylic acids is 1. The molecule has 0 aliphatic carbocycles. The third-order valence-electron chi connectivity index (χ3n) is 5.79. The molecule has 1 aliphatic heterocycles. The van der Waals surface area contributed by atoms with Crippen molar-refractivity contribution < 1.29 is 14.4 Å². The van der Waals surface area contributed by atoms with Gasteiger partial charge in [-0.3, -0.25) is 0 Å². The first-order chi connectivity index (χ1) is 16.0. The SMILES string of the molecule is COc1ccccc1C1=NOC(CN(Cc2ccccc2)C(=O)Nc2c(C)cccc2C)C1. The number of benzene rings is 3. The lowest BCUT2D eigenvalue weighted by atomic mass is 10.0. The fourth-order valence-electron chi connectivity index (χ4n) is 4.03. The minimum absolute atomic E-state index is 0.161. The molecule has 1 aliphatic rings. The van der Waals surface area contributed by atoms with Gasteiger partial charge in [-0.05, 0) is 42.7 Å². The van der Waals surface area contributed by atoms with Gasteiger partial charge in [0.1, 0.15) is 5.75 Å². The van der Waals surface area contributed by atoms with Crippen LogP contribution in [0.5, 0.6) is 5.75 Å². The van der Waals surface area contributed by atoms with Crippen molar-refractivity contribution >= 4 is 17.4 Å². The summed E-state index contributed by atoms with van der Waals surface area (Å²) in [4.78, 5) is 20.9. The lowest BCUT2D eigenvalue weighted by Crippen LogP contribution is -2.40. The van der Waals surface area contributed by atoms with Crippen LogP contribution < -0.4 is 10.1 Å². The van der Waals surface area contributed by atoms with Gasteiger partial charge in [0.15, 0.2) is 6.10 Å². The Morgan fingerprint density at radius 3 is 2.45 bits per heavy atom. The minimum Gasteiger partial charge on any atom is -0.496 e. The average Bonchev–Trinajstić information content (AvgIpc) is 3.30. The second-order valence-corrected chi connectivity index (χ2v) is 8.23. The molecule has 0 saturated carbocycles. The number of carbonyl (C=O) groups is 1. The molecule has 1 unspecified atom stereocenters. The lowest BCUT2D eigenvalue weighted by Gasteiger charge is -2.26. The van der Waals surface area contributed by atoms with Crippen LogP contribution in [0.25, 0.3) is 0 Å². The summed E-state index contributed by atoms with van der Waals surface area (Å²) < 4.78 is 5.47. The molecule has 170 valence electrons. The van der Waals surface area contributed by atoms with Crippen LogP contribution in [-0.2, 0) is 11.4 Å². The van der Waals surface area contributed by atoms with Crippen molar-refractivity contribution in [2.45, 2.75) is 32.9 Å². The van der Waals surface area contributed by atoms with Crippen LogP contribution in [-0.4, -0.2) is 36.4 Å². The molecule has 0 saturated heterocycles. The number of methoxy groups -OCH3 is 1. The highest BCUT2D eigenvalue weighted by Crippen LogP contribution is 2.26. The molecule has 0 aromatic heterocycles. The Morgan fingerprint density at radius 1 is 1.03 bits per heavy atom. The average molecular weight is 444 g/mol. The molecule has 4 rings (SSSR count). The third kappa shape index (κ3) is 5.34.